The van der Waals surface area contributed by atoms with Crippen molar-refractivity contribution >= 4 is 23.5 Å². The Morgan fingerprint density at radius 3 is 2.45 bits per heavy atom. The van der Waals surface area contributed by atoms with Gasteiger partial charge in [-0.2, -0.15) is 0 Å². The topological polar surface area (TPSA) is 108 Å². The van der Waals surface area contributed by atoms with Gasteiger partial charge in [-0.3, -0.25) is 9.59 Å². The van der Waals surface area contributed by atoms with Gasteiger partial charge in [0.1, 0.15) is 0 Å². The highest BCUT2D eigenvalue weighted by molar-refractivity contribution is 5.84. The molecule has 0 spiro atoms. The van der Waals surface area contributed by atoms with Crippen molar-refractivity contribution < 1.29 is 23.9 Å². The van der Waals surface area contributed by atoms with Crippen molar-refractivity contribution in [1.82, 2.24) is 5.32 Å². The maximum atomic E-state index is 12.1. The second kappa shape index (κ2) is 8.02. The Kier molecular flexibility index (Phi) is 6.37. The average molecular weight is 308 g/mol. The van der Waals surface area contributed by atoms with E-state index in [0.717, 1.165) is 0 Å². The molecule has 22 heavy (non-hydrogen) atoms. The van der Waals surface area contributed by atoms with E-state index in [1.807, 2.05) is 0 Å². The molecule has 1 aromatic carbocycles. The van der Waals surface area contributed by atoms with Gasteiger partial charge in [0.2, 0.25) is 5.91 Å². The molecule has 1 amide bonds. The van der Waals surface area contributed by atoms with E-state index in [-0.39, 0.29) is 6.61 Å². The fourth-order valence-electron chi connectivity index (χ4n) is 1.95. The normalized spacial score (nSPS) is 12.9. The first-order chi connectivity index (χ1) is 10.3. The lowest BCUT2D eigenvalue weighted by Gasteiger charge is -2.26. The summed E-state index contributed by atoms with van der Waals surface area (Å²) in [5.41, 5.74) is 6.65. The van der Waals surface area contributed by atoms with Crippen LogP contribution in [0.1, 0.15) is 32.4 Å². The number of ether oxygens (including phenoxy) is 2. The Balaban J connectivity index is 3.21. The third kappa shape index (κ3) is 5.08. The first-order valence-electron chi connectivity index (χ1n) is 6.81. The largest absolute Gasteiger partial charge is 0.464 e. The van der Waals surface area contributed by atoms with Gasteiger partial charge >= 0.3 is 11.9 Å². The summed E-state index contributed by atoms with van der Waals surface area (Å²) >= 11 is 0. The SMILES string of the molecule is CCOC(=O)[C@@H](NC(C)=O)[C@H](OC(C)=O)c1cccc(N)c1. The molecule has 0 radical (unpaired) electrons. The minimum Gasteiger partial charge on any atom is -0.464 e. The molecule has 7 nitrogen and oxygen atoms in total. The Labute approximate surface area is 128 Å². The summed E-state index contributed by atoms with van der Waals surface area (Å²) in [7, 11) is 0. The van der Waals surface area contributed by atoms with E-state index >= 15 is 0 Å². The second-order valence-corrected chi connectivity index (χ2v) is 4.63. The quantitative estimate of drug-likeness (QED) is 0.598. The van der Waals surface area contributed by atoms with Gasteiger partial charge in [0.15, 0.2) is 12.1 Å². The highest BCUT2D eigenvalue weighted by Gasteiger charge is 2.34. The molecule has 7 heteroatoms. The standard InChI is InChI=1S/C15H20N2O5/c1-4-21-15(20)13(17-9(2)18)14(22-10(3)19)11-6-5-7-12(16)8-11/h5-8,13-14H,4,16H2,1-3H3,(H,17,18)/t13-,14+/m0/s1. The lowest BCUT2D eigenvalue weighted by atomic mass is 10.0. The van der Waals surface area contributed by atoms with Crippen LogP contribution in [0.25, 0.3) is 0 Å². The van der Waals surface area contributed by atoms with E-state index in [0.29, 0.717) is 11.3 Å². The molecule has 120 valence electrons. The molecule has 0 aliphatic rings. The molecular weight excluding hydrogens is 288 g/mol. The number of rotatable bonds is 6. The maximum absolute atomic E-state index is 12.1. The molecule has 0 bridgehead atoms. The third-order valence-corrected chi connectivity index (χ3v) is 2.73. The highest BCUT2D eigenvalue weighted by Crippen LogP contribution is 2.24. The number of carbonyl (C=O) groups is 3. The van der Waals surface area contributed by atoms with E-state index in [1.165, 1.54) is 13.8 Å². The van der Waals surface area contributed by atoms with Crippen molar-refractivity contribution in [2.75, 3.05) is 12.3 Å². The van der Waals surface area contributed by atoms with Gasteiger partial charge in [-0.15, -0.1) is 0 Å². The van der Waals surface area contributed by atoms with Gasteiger partial charge in [-0.05, 0) is 24.6 Å². The Bertz CT molecular complexity index is 559. The van der Waals surface area contributed by atoms with Crippen molar-refractivity contribution in [2.24, 2.45) is 0 Å². The monoisotopic (exact) mass is 308 g/mol. The average Bonchev–Trinajstić information content (AvgIpc) is 2.42. The summed E-state index contributed by atoms with van der Waals surface area (Å²) < 4.78 is 10.2. The number of anilines is 1. The van der Waals surface area contributed by atoms with Gasteiger partial charge in [0.05, 0.1) is 6.61 Å². The highest BCUT2D eigenvalue weighted by atomic mass is 16.6. The van der Waals surface area contributed by atoms with Crippen molar-refractivity contribution in [2.45, 2.75) is 32.9 Å². The zero-order chi connectivity index (χ0) is 16.7. The molecule has 0 aromatic heterocycles. The zero-order valence-corrected chi connectivity index (χ0v) is 12.8. The molecular formula is C15H20N2O5. The van der Waals surface area contributed by atoms with Crippen LogP contribution in [0, 0.1) is 0 Å². The maximum Gasteiger partial charge on any atom is 0.332 e. The predicted octanol–water partition coefficient (Wildman–Crippen LogP) is 0.941. The fourth-order valence-corrected chi connectivity index (χ4v) is 1.95. The number of benzene rings is 1. The van der Waals surface area contributed by atoms with Crippen molar-refractivity contribution in [3.8, 4) is 0 Å². The number of esters is 2. The molecule has 0 aliphatic heterocycles. The molecule has 0 saturated heterocycles. The molecule has 1 aromatic rings. The summed E-state index contributed by atoms with van der Waals surface area (Å²) in [6.07, 6.45) is -1.02. The summed E-state index contributed by atoms with van der Waals surface area (Å²) in [4.78, 5) is 34.8. The van der Waals surface area contributed by atoms with Crippen LogP contribution in [0.4, 0.5) is 5.69 Å². The number of hydrogen-bond acceptors (Lipinski definition) is 6. The summed E-state index contributed by atoms with van der Waals surface area (Å²) in [5.74, 6) is -1.72. The summed E-state index contributed by atoms with van der Waals surface area (Å²) in [6, 6.07) is 5.39. The minimum absolute atomic E-state index is 0.138. The zero-order valence-electron chi connectivity index (χ0n) is 12.8. The number of hydrogen-bond donors (Lipinski definition) is 2. The van der Waals surface area contributed by atoms with Crippen molar-refractivity contribution in [3.05, 3.63) is 29.8 Å². The molecule has 0 aliphatic carbocycles. The molecule has 0 saturated carbocycles. The number of nitrogens with one attached hydrogen (secondary N) is 1. The van der Waals surface area contributed by atoms with Crippen LogP contribution in [-0.4, -0.2) is 30.5 Å². The lowest BCUT2D eigenvalue weighted by molar-refractivity contribution is -0.159. The van der Waals surface area contributed by atoms with E-state index < -0.39 is 30.0 Å². The van der Waals surface area contributed by atoms with Crippen molar-refractivity contribution in [1.29, 1.82) is 0 Å². The van der Waals surface area contributed by atoms with Crippen LogP contribution in [0.3, 0.4) is 0 Å². The summed E-state index contributed by atoms with van der Waals surface area (Å²) in [6.45, 7) is 4.26. The van der Waals surface area contributed by atoms with E-state index in [9.17, 15) is 14.4 Å². The summed E-state index contributed by atoms with van der Waals surface area (Å²) in [5, 5.41) is 2.46. The van der Waals surface area contributed by atoms with Gasteiger partial charge in [-0.25, -0.2) is 4.79 Å². The molecule has 0 heterocycles. The van der Waals surface area contributed by atoms with E-state index in [1.54, 1.807) is 31.2 Å². The number of carbonyl (C=O) groups excluding carboxylic acids is 3. The first-order valence-corrected chi connectivity index (χ1v) is 6.81. The van der Waals surface area contributed by atoms with Crippen LogP contribution < -0.4 is 11.1 Å². The molecule has 1 rings (SSSR count). The van der Waals surface area contributed by atoms with Crippen LogP contribution in [0.2, 0.25) is 0 Å². The Morgan fingerprint density at radius 1 is 1.27 bits per heavy atom. The van der Waals surface area contributed by atoms with E-state index in [2.05, 4.69) is 5.32 Å². The van der Waals surface area contributed by atoms with Gasteiger partial charge in [-0.1, -0.05) is 12.1 Å². The van der Waals surface area contributed by atoms with Crippen LogP contribution in [0.5, 0.6) is 0 Å². The number of nitrogen functional groups attached to an aromatic ring is 1. The Hall–Kier alpha value is -2.57. The smallest absolute Gasteiger partial charge is 0.332 e. The predicted molar refractivity (Wildman–Crippen MR) is 79.6 cm³/mol. The number of amides is 1. The van der Waals surface area contributed by atoms with Crippen LogP contribution in [0.15, 0.2) is 24.3 Å². The van der Waals surface area contributed by atoms with Gasteiger partial charge < -0.3 is 20.5 Å². The van der Waals surface area contributed by atoms with Crippen LogP contribution >= 0.6 is 0 Å². The van der Waals surface area contributed by atoms with Crippen molar-refractivity contribution in [3.63, 3.8) is 0 Å². The lowest BCUT2D eigenvalue weighted by Crippen LogP contribution is -2.46. The fraction of sp³-hybridized carbons (Fsp3) is 0.400. The third-order valence-electron chi connectivity index (χ3n) is 2.73. The van der Waals surface area contributed by atoms with E-state index in [4.69, 9.17) is 15.2 Å². The number of nitrogens with two attached hydrogens (primary N) is 1. The molecule has 2 atom stereocenters. The second-order valence-electron chi connectivity index (χ2n) is 4.63. The Morgan fingerprint density at radius 2 is 1.95 bits per heavy atom. The molecule has 3 N–H and O–H groups in total. The minimum atomic E-state index is -1.15. The van der Waals surface area contributed by atoms with Crippen LogP contribution in [-0.2, 0) is 23.9 Å². The molecule has 0 unspecified atom stereocenters. The first kappa shape index (κ1) is 17.5. The molecule has 0 fully saturated rings. The van der Waals surface area contributed by atoms with Gasteiger partial charge in [0.25, 0.3) is 0 Å². The van der Waals surface area contributed by atoms with Gasteiger partial charge in [0, 0.05) is 19.5 Å².